The lowest BCUT2D eigenvalue weighted by Gasteiger charge is -2.27. The summed E-state index contributed by atoms with van der Waals surface area (Å²) in [5.74, 6) is 0. The molecule has 0 aliphatic carbocycles. The van der Waals surface area contributed by atoms with E-state index in [2.05, 4.69) is 27.3 Å². The van der Waals surface area contributed by atoms with Crippen molar-refractivity contribution in [2.24, 2.45) is 0 Å². The molecule has 0 saturated carbocycles. The van der Waals surface area contributed by atoms with Crippen molar-refractivity contribution in [3.63, 3.8) is 0 Å². The van der Waals surface area contributed by atoms with Crippen molar-refractivity contribution in [1.29, 1.82) is 0 Å². The van der Waals surface area contributed by atoms with Crippen LogP contribution in [0.25, 0.3) is 0 Å². The van der Waals surface area contributed by atoms with Crippen molar-refractivity contribution >= 4 is 8.56 Å². The summed E-state index contributed by atoms with van der Waals surface area (Å²) in [6, 6.07) is 1.18. The number of rotatable bonds is 27. The Balaban J connectivity index is 3.46. The Labute approximate surface area is 205 Å². The predicted molar refractivity (Wildman–Crippen MR) is 147 cm³/mol. The maximum atomic E-state index is 6.27. The molecule has 0 aliphatic rings. The van der Waals surface area contributed by atoms with Crippen molar-refractivity contribution < 1.29 is 8.85 Å². The smallest absolute Gasteiger partial charge is 0.334 e. The highest BCUT2D eigenvalue weighted by atomic mass is 28.4. The fourth-order valence-electron chi connectivity index (χ4n) is 4.40. The predicted octanol–water partition coefficient (Wildman–Crippen LogP) is 10.7. The normalized spacial score (nSPS) is 12.0. The molecule has 0 aliphatic heterocycles. The quantitative estimate of drug-likeness (QED) is 0.0877. The van der Waals surface area contributed by atoms with E-state index in [1.165, 1.54) is 147 Å². The molecule has 32 heavy (non-hydrogen) atoms. The average molecular weight is 471 g/mol. The van der Waals surface area contributed by atoms with E-state index in [0.717, 1.165) is 13.2 Å². The molecule has 0 saturated heterocycles. The van der Waals surface area contributed by atoms with Crippen LogP contribution in [0.2, 0.25) is 12.6 Å². The highest BCUT2D eigenvalue weighted by Crippen LogP contribution is 2.20. The minimum Gasteiger partial charge on any atom is -0.394 e. The van der Waals surface area contributed by atoms with Crippen LogP contribution in [0.3, 0.4) is 0 Å². The van der Waals surface area contributed by atoms with Crippen molar-refractivity contribution in [2.75, 3.05) is 13.2 Å². The van der Waals surface area contributed by atoms with Gasteiger partial charge in [-0.25, -0.2) is 0 Å². The van der Waals surface area contributed by atoms with Gasteiger partial charge in [0.05, 0.1) is 0 Å². The molecule has 0 unspecified atom stereocenters. The Morgan fingerprint density at radius 1 is 0.375 bits per heavy atom. The van der Waals surface area contributed by atoms with Gasteiger partial charge < -0.3 is 8.85 Å². The second kappa shape index (κ2) is 25.8. The van der Waals surface area contributed by atoms with Crippen molar-refractivity contribution in [1.82, 2.24) is 0 Å². The van der Waals surface area contributed by atoms with E-state index in [1.807, 2.05) is 0 Å². The summed E-state index contributed by atoms with van der Waals surface area (Å²) < 4.78 is 12.5. The summed E-state index contributed by atoms with van der Waals surface area (Å²) in [7, 11) is -1.93. The van der Waals surface area contributed by atoms with Crippen molar-refractivity contribution in [3.8, 4) is 0 Å². The Morgan fingerprint density at radius 3 is 0.969 bits per heavy atom. The summed E-state index contributed by atoms with van der Waals surface area (Å²) in [6.07, 6.45) is 30.6. The molecule has 0 amide bonds. The van der Waals surface area contributed by atoms with E-state index < -0.39 is 8.56 Å². The molecule has 0 atom stereocenters. The molecule has 0 spiro atoms. The summed E-state index contributed by atoms with van der Waals surface area (Å²) >= 11 is 0. The van der Waals surface area contributed by atoms with Crippen LogP contribution in [0.5, 0.6) is 0 Å². The van der Waals surface area contributed by atoms with E-state index >= 15 is 0 Å². The maximum absolute atomic E-state index is 6.27. The Kier molecular flexibility index (Phi) is 25.9. The van der Waals surface area contributed by atoms with Gasteiger partial charge in [-0.15, -0.1) is 0 Å². The molecule has 3 heteroatoms. The fraction of sp³-hybridized carbons (Fsp3) is 1.00. The molecule has 0 radical (unpaired) electrons. The number of hydrogen-bond acceptors (Lipinski definition) is 2. The SMILES string of the molecule is CCCCCCCCCCCCCCCCCCCC[Si](C)(OCCCC)OCCCC. The minimum atomic E-state index is -1.93. The Morgan fingerprint density at radius 2 is 0.656 bits per heavy atom. The van der Waals surface area contributed by atoms with E-state index in [-0.39, 0.29) is 0 Å². The minimum absolute atomic E-state index is 0.893. The van der Waals surface area contributed by atoms with E-state index in [1.54, 1.807) is 0 Å². The lowest BCUT2D eigenvalue weighted by molar-refractivity contribution is 0.168. The lowest BCUT2D eigenvalue weighted by Crippen LogP contribution is -2.39. The average Bonchev–Trinajstić information content (AvgIpc) is 2.79. The summed E-state index contributed by atoms with van der Waals surface area (Å²) in [5.41, 5.74) is 0. The van der Waals surface area contributed by atoms with Gasteiger partial charge in [-0.3, -0.25) is 0 Å². The fourth-order valence-corrected chi connectivity index (χ4v) is 6.82. The molecule has 2 nitrogen and oxygen atoms in total. The first-order valence-electron chi connectivity index (χ1n) is 15.0. The van der Waals surface area contributed by atoms with Gasteiger partial charge in [0.2, 0.25) is 0 Å². The van der Waals surface area contributed by atoms with Crippen LogP contribution in [0.1, 0.15) is 162 Å². The standard InChI is InChI=1S/C29H62O2Si/c1-5-8-11-12-13-14-15-16-17-18-19-20-21-22-23-24-25-26-29-32(4,30-27-9-6-2)31-28-10-7-3/h5-29H2,1-4H3. The third-order valence-electron chi connectivity index (χ3n) is 6.80. The molecule has 0 aromatic carbocycles. The van der Waals surface area contributed by atoms with E-state index in [4.69, 9.17) is 8.85 Å². The zero-order chi connectivity index (χ0) is 23.6. The highest BCUT2D eigenvalue weighted by molar-refractivity contribution is 6.66. The van der Waals surface area contributed by atoms with Gasteiger partial charge in [0.25, 0.3) is 0 Å². The monoisotopic (exact) mass is 470 g/mol. The van der Waals surface area contributed by atoms with Crippen LogP contribution in [0.15, 0.2) is 0 Å². The first-order chi connectivity index (χ1) is 15.7. The van der Waals surface area contributed by atoms with Crippen molar-refractivity contribution in [3.05, 3.63) is 0 Å². The first kappa shape index (κ1) is 32.1. The van der Waals surface area contributed by atoms with Gasteiger partial charge in [-0.05, 0) is 25.4 Å². The molecule has 194 valence electrons. The van der Waals surface area contributed by atoms with Crippen LogP contribution >= 0.6 is 0 Å². The third kappa shape index (κ3) is 23.3. The molecule has 0 heterocycles. The zero-order valence-electron chi connectivity index (χ0n) is 23.0. The van der Waals surface area contributed by atoms with Gasteiger partial charge in [-0.1, -0.05) is 149 Å². The second-order valence-electron chi connectivity index (χ2n) is 10.3. The molecule has 0 rings (SSSR count). The van der Waals surface area contributed by atoms with Crippen LogP contribution in [-0.4, -0.2) is 21.8 Å². The summed E-state index contributed by atoms with van der Waals surface area (Å²) in [5, 5.41) is 0. The highest BCUT2D eigenvalue weighted by Gasteiger charge is 2.30. The van der Waals surface area contributed by atoms with Crippen LogP contribution in [-0.2, 0) is 8.85 Å². The van der Waals surface area contributed by atoms with E-state index in [9.17, 15) is 0 Å². The van der Waals surface area contributed by atoms with Gasteiger partial charge in [0, 0.05) is 13.2 Å². The molecule has 0 aromatic heterocycles. The van der Waals surface area contributed by atoms with Crippen molar-refractivity contribution in [2.45, 2.75) is 175 Å². The first-order valence-corrected chi connectivity index (χ1v) is 17.5. The van der Waals surface area contributed by atoms with Gasteiger partial charge in [-0.2, -0.15) is 0 Å². The zero-order valence-corrected chi connectivity index (χ0v) is 24.0. The molecule has 0 aromatic rings. The van der Waals surface area contributed by atoms with Gasteiger partial charge in [0.1, 0.15) is 0 Å². The molecule has 0 bridgehead atoms. The number of hydrogen-bond donors (Lipinski definition) is 0. The Bertz CT molecular complexity index is 338. The topological polar surface area (TPSA) is 18.5 Å². The molecular formula is C29H62O2Si. The van der Waals surface area contributed by atoms with Gasteiger partial charge in [0.15, 0.2) is 0 Å². The largest absolute Gasteiger partial charge is 0.394 e. The number of unbranched alkanes of at least 4 members (excludes halogenated alkanes) is 19. The maximum Gasteiger partial charge on any atom is 0.334 e. The lowest BCUT2D eigenvalue weighted by atomic mass is 10.0. The molecule has 0 fully saturated rings. The van der Waals surface area contributed by atoms with Crippen LogP contribution in [0, 0.1) is 0 Å². The summed E-state index contributed by atoms with van der Waals surface area (Å²) in [4.78, 5) is 0. The molecular weight excluding hydrogens is 408 g/mol. The van der Waals surface area contributed by atoms with Gasteiger partial charge >= 0.3 is 8.56 Å². The third-order valence-corrected chi connectivity index (χ3v) is 9.69. The second-order valence-corrected chi connectivity index (χ2v) is 13.6. The molecule has 0 N–H and O–H groups in total. The Hall–Kier alpha value is 0.137. The summed E-state index contributed by atoms with van der Waals surface area (Å²) in [6.45, 7) is 10.9. The van der Waals surface area contributed by atoms with Crippen LogP contribution < -0.4 is 0 Å². The van der Waals surface area contributed by atoms with Crippen LogP contribution in [0.4, 0.5) is 0 Å². The van der Waals surface area contributed by atoms with E-state index in [0.29, 0.717) is 0 Å².